The number of Topliss-reactive ketones (excluding diaryl/α,β-unsaturated/α-hetero) is 1. The summed E-state index contributed by atoms with van der Waals surface area (Å²) in [5.41, 5.74) is 1.33. The maximum absolute atomic E-state index is 12.7. The summed E-state index contributed by atoms with van der Waals surface area (Å²) in [7, 11) is 0. The van der Waals surface area contributed by atoms with E-state index in [1.807, 2.05) is 13.0 Å². The van der Waals surface area contributed by atoms with E-state index in [1.165, 1.54) is 0 Å². The van der Waals surface area contributed by atoms with Gasteiger partial charge in [0.05, 0.1) is 12.0 Å². The first-order valence-corrected chi connectivity index (χ1v) is 8.80. The van der Waals surface area contributed by atoms with Crippen molar-refractivity contribution >= 4 is 17.8 Å². The largest absolute Gasteiger partial charge is 0.462 e. The van der Waals surface area contributed by atoms with Gasteiger partial charge in [-0.3, -0.25) is 9.59 Å². The van der Waals surface area contributed by atoms with Crippen molar-refractivity contribution in [2.75, 3.05) is 0 Å². The second kappa shape index (κ2) is 6.16. The molecule has 0 aliphatic carbocycles. The molecule has 1 aromatic carbocycles. The van der Waals surface area contributed by atoms with Crippen molar-refractivity contribution in [2.24, 2.45) is 5.92 Å². The van der Waals surface area contributed by atoms with Gasteiger partial charge in [-0.1, -0.05) is 13.8 Å². The van der Waals surface area contributed by atoms with Crippen molar-refractivity contribution in [1.82, 2.24) is 0 Å². The van der Waals surface area contributed by atoms with E-state index in [2.05, 4.69) is 13.8 Å². The first-order valence-electron chi connectivity index (χ1n) is 8.80. The van der Waals surface area contributed by atoms with E-state index in [-0.39, 0.29) is 23.4 Å². The third-order valence-electron chi connectivity index (χ3n) is 4.67. The maximum Gasteiger partial charge on any atom is 0.311 e. The minimum absolute atomic E-state index is 0.0146. The molecule has 4 rings (SSSR count). The first-order chi connectivity index (χ1) is 12.4. The summed E-state index contributed by atoms with van der Waals surface area (Å²) in [6.45, 7) is 6.06. The number of fused-ring (bicyclic) bond motifs is 3. The monoisotopic (exact) mass is 352 g/mol. The SMILES string of the molecule is Cc1ccc(/C=C2\Oc3c(ccc4c3[C@H](CC(C)C)CC(=O)O4)C2=O)o1. The smallest absolute Gasteiger partial charge is 0.311 e. The van der Waals surface area contributed by atoms with Gasteiger partial charge in [-0.15, -0.1) is 0 Å². The summed E-state index contributed by atoms with van der Waals surface area (Å²) < 4.78 is 16.8. The van der Waals surface area contributed by atoms with Crippen LogP contribution >= 0.6 is 0 Å². The Morgan fingerprint density at radius 1 is 1.15 bits per heavy atom. The van der Waals surface area contributed by atoms with E-state index < -0.39 is 0 Å². The van der Waals surface area contributed by atoms with E-state index >= 15 is 0 Å². The summed E-state index contributed by atoms with van der Waals surface area (Å²) in [4.78, 5) is 24.7. The molecule has 0 N–H and O–H groups in total. The van der Waals surface area contributed by atoms with Crippen LogP contribution in [0.2, 0.25) is 0 Å². The highest BCUT2D eigenvalue weighted by Crippen LogP contribution is 2.48. The van der Waals surface area contributed by atoms with E-state index in [1.54, 1.807) is 24.3 Å². The Morgan fingerprint density at radius 2 is 1.96 bits per heavy atom. The van der Waals surface area contributed by atoms with Crippen molar-refractivity contribution in [3.05, 3.63) is 52.7 Å². The highest BCUT2D eigenvalue weighted by atomic mass is 16.5. The standard InChI is InChI=1S/C21H20O5/c1-11(2)8-13-9-18(22)25-16-7-6-15-20(23)17(26-21(15)19(13)16)10-14-5-4-12(3)24-14/h4-7,10-11,13H,8-9H2,1-3H3/b17-10-/t13-/m1/s1. The van der Waals surface area contributed by atoms with Crippen LogP contribution in [0.15, 0.2) is 34.4 Å². The average molecular weight is 352 g/mol. The van der Waals surface area contributed by atoms with Crippen LogP contribution in [0.3, 0.4) is 0 Å². The molecule has 5 nitrogen and oxygen atoms in total. The van der Waals surface area contributed by atoms with Gasteiger partial charge < -0.3 is 13.9 Å². The number of carbonyl (C=O) groups is 2. The van der Waals surface area contributed by atoms with Crippen molar-refractivity contribution in [1.29, 1.82) is 0 Å². The van der Waals surface area contributed by atoms with Crippen LogP contribution in [-0.2, 0) is 4.79 Å². The van der Waals surface area contributed by atoms with Crippen LogP contribution in [0.1, 0.15) is 60.0 Å². The zero-order valence-electron chi connectivity index (χ0n) is 15.0. The molecule has 1 atom stereocenters. The fourth-order valence-electron chi connectivity index (χ4n) is 3.63. The quantitative estimate of drug-likeness (QED) is 0.457. The Labute approximate surface area is 151 Å². The van der Waals surface area contributed by atoms with Gasteiger partial charge in [-0.2, -0.15) is 0 Å². The molecule has 3 heterocycles. The van der Waals surface area contributed by atoms with Crippen LogP contribution in [0, 0.1) is 12.8 Å². The second-order valence-corrected chi connectivity index (χ2v) is 7.25. The Balaban J connectivity index is 1.77. The number of carbonyl (C=O) groups excluding carboxylic acids is 2. The van der Waals surface area contributed by atoms with Crippen molar-refractivity contribution in [3.63, 3.8) is 0 Å². The van der Waals surface area contributed by atoms with Gasteiger partial charge in [0.2, 0.25) is 5.78 Å². The summed E-state index contributed by atoms with van der Waals surface area (Å²) in [5.74, 6) is 2.54. The number of aryl methyl sites for hydroxylation is 1. The minimum atomic E-state index is -0.241. The average Bonchev–Trinajstić information content (AvgIpc) is 3.10. The number of benzene rings is 1. The fraction of sp³-hybridized carbons (Fsp3) is 0.333. The molecule has 0 unspecified atom stereocenters. The third kappa shape index (κ3) is 2.83. The molecule has 0 saturated carbocycles. The van der Waals surface area contributed by atoms with Crippen LogP contribution < -0.4 is 9.47 Å². The number of esters is 1. The number of hydrogen-bond donors (Lipinski definition) is 0. The van der Waals surface area contributed by atoms with Gasteiger partial charge in [0.1, 0.15) is 23.0 Å². The lowest BCUT2D eigenvalue weighted by molar-refractivity contribution is -0.136. The molecule has 134 valence electrons. The summed E-state index contributed by atoms with van der Waals surface area (Å²) in [5, 5.41) is 0. The maximum atomic E-state index is 12.7. The van der Waals surface area contributed by atoms with Crippen LogP contribution in [-0.4, -0.2) is 11.8 Å². The Bertz CT molecular complexity index is 932. The molecule has 0 saturated heterocycles. The Hall–Kier alpha value is -2.82. The second-order valence-electron chi connectivity index (χ2n) is 7.25. The van der Waals surface area contributed by atoms with Crippen molar-refractivity contribution in [3.8, 4) is 11.5 Å². The zero-order chi connectivity index (χ0) is 18.4. The normalized spacial score (nSPS) is 20.2. The highest BCUT2D eigenvalue weighted by molar-refractivity contribution is 6.15. The van der Waals surface area contributed by atoms with Gasteiger partial charge in [-0.05, 0) is 43.5 Å². The molecule has 26 heavy (non-hydrogen) atoms. The predicted octanol–water partition coefficient (Wildman–Crippen LogP) is 4.64. The number of ketones is 1. The number of furan rings is 1. The van der Waals surface area contributed by atoms with E-state index in [0.717, 1.165) is 17.7 Å². The number of allylic oxidation sites excluding steroid dienone is 1. The summed E-state index contributed by atoms with van der Waals surface area (Å²) in [6.07, 6.45) is 2.73. The Kier molecular flexibility index (Phi) is 3.94. The lowest BCUT2D eigenvalue weighted by Crippen LogP contribution is -2.21. The van der Waals surface area contributed by atoms with E-state index in [0.29, 0.717) is 35.2 Å². The number of hydrogen-bond acceptors (Lipinski definition) is 5. The predicted molar refractivity (Wildman–Crippen MR) is 95.3 cm³/mol. The lowest BCUT2D eigenvalue weighted by atomic mass is 9.84. The molecule has 0 fully saturated rings. The third-order valence-corrected chi connectivity index (χ3v) is 4.67. The van der Waals surface area contributed by atoms with Crippen LogP contribution in [0.4, 0.5) is 0 Å². The van der Waals surface area contributed by atoms with Crippen LogP contribution in [0.5, 0.6) is 11.5 Å². The minimum Gasteiger partial charge on any atom is -0.462 e. The molecule has 1 aromatic heterocycles. The summed E-state index contributed by atoms with van der Waals surface area (Å²) >= 11 is 0. The Morgan fingerprint density at radius 3 is 2.65 bits per heavy atom. The van der Waals surface area contributed by atoms with E-state index in [9.17, 15) is 9.59 Å². The van der Waals surface area contributed by atoms with Crippen molar-refractivity contribution < 1.29 is 23.5 Å². The van der Waals surface area contributed by atoms with Gasteiger partial charge in [-0.25, -0.2) is 0 Å². The van der Waals surface area contributed by atoms with Gasteiger partial charge in [0.25, 0.3) is 0 Å². The molecule has 0 spiro atoms. The molecule has 0 radical (unpaired) electrons. The van der Waals surface area contributed by atoms with Gasteiger partial charge in [0, 0.05) is 17.6 Å². The molecular formula is C21H20O5. The topological polar surface area (TPSA) is 65.7 Å². The van der Waals surface area contributed by atoms with Gasteiger partial charge in [0.15, 0.2) is 5.76 Å². The molecule has 2 aliphatic heterocycles. The fourth-order valence-corrected chi connectivity index (χ4v) is 3.63. The molecule has 0 amide bonds. The summed E-state index contributed by atoms with van der Waals surface area (Å²) in [6, 6.07) is 6.98. The number of rotatable bonds is 3. The molecule has 5 heteroatoms. The highest BCUT2D eigenvalue weighted by Gasteiger charge is 2.38. The number of ether oxygens (including phenoxy) is 2. The lowest BCUT2D eigenvalue weighted by Gasteiger charge is -2.27. The molecule has 0 bridgehead atoms. The van der Waals surface area contributed by atoms with Gasteiger partial charge >= 0.3 is 5.97 Å². The van der Waals surface area contributed by atoms with Crippen molar-refractivity contribution in [2.45, 2.75) is 39.5 Å². The zero-order valence-corrected chi connectivity index (χ0v) is 15.0. The molecule has 2 aromatic rings. The molecular weight excluding hydrogens is 332 g/mol. The molecule has 2 aliphatic rings. The van der Waals surface area contributed by atoms with Crippen LogP contribution in [0.25, 0.3) is 6.08 Å². The van der Waals surface area contributed by atoms with E-state index in [4.69, 9.17) is 13.9 Å². The first kappa shape index (κ1) is 16.6.